The van der Waals surface area contributed by atoms with Crippen molar-refractivity contribution in [1.29, 1.82) is 0 Å². The highest BCUT2D eigenvalue weighted by atomic mass is 32.2. The third kappa shape index (κ3) is 4.07. The second kappa shape index (κ2) is 5.85. The minimum Gasteiger partial charge on any atom is -0.481 e. The van der Waals surface area contributed by atoms with Crippen LogP contribution in [0.3, 0.4) is 0 Å². The van der Waals surface area contributed by atoms with E-state index in [-0.39, 0.29) is 30.0 Å². The molecule has 0 radical (unpaired) electrons. The van der Waals surface area contributed by atoms with Gasteiger partial charge in [0.05, 0.1) is 0 Å². The van der Waals surface area contributed by atoms with Crippen molar-refractivity contribution in [1.82, 2.24) is 9.29 Å². The predicted molar refractivity (Wildman–Crippen MR) is 66.0 cm³/mol. The lowest BCUT2D eigenvalue weighted by Crippen LogP contribution is -2.25. The number of carbonyl (C=O) groups excluding carboxylic acids is 1. The summed E-state index contributed by atoms with van der Waals surface area (Å²) in [4.78, 5) is 21.2. The fraction of sp³-hybridized carbons (Fsp3) is 0.400. The summed E-state index contributed by atoms with van der Waals surface area (Å²) in [7, 11) is -2.26. The van der Waals surface area contributed by atoms with Crippen molar-refractivity contribution >= 4 is 21.9 Å². The first-order valence-electron chi connectivity index (χ1n) is 5.41. The minimum atomic E-state index is -3.76. The molecule has 8 nitrogen and oxygen atoms in total. The van der Waals surface area contributed by atoms with Gasteiger partial charge in [-0.3, -0.25) is 9.59 Å². The Morgan fingerprint density at radius 1 is 1.47 bits per heavy atom. The zero-order valence-corrected chi connectivity index (χ0v) is 11.1. The molecule has 1 aromatic rings. The van der Waals surface area contributed by atoms with E-state index in [1.54, 1.807) is 0 Å². The standard InChI is InChI=1S/C10H15N3O5S/c1-13-6-7(5-8(13)10(11)16)19(17,18)12-4-2-3-9(14)15/h5-6,12H,2-4H2,1H3,(H2,11,16)(H,14,15). The number of carboxylic acid groups (broad SMARTS) is 1. The molecule has 106 valence electrons. The molecule has 0 aliphatic heterocycles. The number of nitrogens with two attached hydrogens (primary N) is 1. The Morgan fingerprint density at radius 3 is 2.58 bits per heavy atom. The number of nitrogens with zero attached hydrogens (tertiary/aromatic N) is 1. The SMILES string of the molecule is Cn1cc(S(=O)(=O)NCCCC(=O)O)cc1C(N)=O. The van der Waals surface area contributed by atoms with E-state index in [1.165, 1.54) is 23.9 Å². The molecular formula is C10H15N3O5S. The van der Waals surface area contributed by atoms with Gasteiger partial charge in [0.2, 0.25) is 10.0 Å². The lowest BCUT2D eigenvalue weighted by atomic mass is 10.3. The number of nitrogens with one attached hydrogen (secondary N) is 1. The van der Waals surface area contributed by atoms with E-state index in [0.717, 1.165) is 0 Å². The Bertz CT molecular complexity index is 590. The van der Waals surface area contributed by atoms with Crippen LogP contribution >= 0.6 is 0 Å². The molecule has 4 N–H and O–H groups in total. The smallest absolute Gasteiger partial charge is 0.303 e. The van der Waals surface area contributed by atoms with Crippen LogP contribution < -0.4 is 10.5 Å². The molecule has 9 heteroatoms. The van der Waals surface area contributed by atoms with Crippen LogP contribution in [-0.2, 0) is 21.9 Å². The average Bonchev–Trinajstić information content (AvgIpc) is 2.67. The maximum atomic E-state index is 11.8. The molecule has 1 heterocycles. The molecule has 0 saturated heterocycles. The van der Waals surface area contributed by atoms with Gasteiger partial charge in [-0.1, -0.05) is 0 Å². The zero-order chi connectivity index (χ0) is 14.6. The lowest BCUT2D eigenvalue weighted by Gasteiger charge is -2.03. The number of aryl methyl sites for hydroxylation is 1. The fourth-order valence-corrected chi connectivity index (χ4v) is 2.60. The summed E-state index contributed by atoms with van der Waals surface area (Å²) in [6, 6.07) is 1.17. The van der Waals surface area contributed by atoms with Crippen molar-refractivity contribution in [3.05, 3.63) is 18.0 Å². The Balaban J connectivity index is 2.75. The van der Waals surface area contributed by atoms with Gasteiger partial charge in [0.1, 0.15) is 10.6 Å². The maximum absolute atomic E-state index is 11.8. The lowest BCUT2D eigenvalue weighted by molar-refractivity contribution is -0.137. The third-order valence-electron chi connectivity index (χ3n) is 2.40. The number of rotatable bonds is 7. The highest BCUT2D eigenvalue weighted by molar-refractivity contribution is 7.89. The molecule has 0 aliphatic carbocycles. The molecule has 0 fully saturated rings. The third-order valence-corrected chi connectivity index (χ3v) is 3.83. The number of sulfonamides is 1. The predicted octanol–water partition coefficient (Wildman–Crippen LogP) is -0.733. The number of hydrogen-bond acceptors (Lipinski definition) is 4. The van der Waals surface area contributed by atoms with E-state index in [2.05, 4.69) is 4.72 Å². The van der Waals surface area contributed by atoms with Crippen LogP contribution in [0.2, 0.25) is 0 Å². The fourth-order valence-electron chi connectivity index (χ4n) is 1.46. The monoisotopic (exact) mass is 289 g/mol. The number of primary amides is 1. The quantitative estimate of drug-likeness (QED) is 0.569. The summed E-state index contributed by atoms with van der Waals surface area (Å²) in [5, 5.41) is 8.43. The first-order valence-corrected chi connectivity index (χ1v) is 6.90. The van der Waals surface area contributed by atoms with Crippen LogP contribution in [0.1, 0.15) is 23.3 Å². The van der Waals surface area contributed by atoms with Gasteiger partial charge in [0.25, 0.3) is 5.91 Å². The van der Waals surface area contributed by atoms with Crippen LogP contribution in [0.4, 0.5) is 0 Å². The average molecular weight is 289 g/mol. The Morgan fingerprint density at radius 2 is 2.11 bits per heavy atom. The van der Waals surface area contributed by atoms with Gasteiger partial charge in [0, 0.05) is 26.2 Å². The van der Waals surface area contributed by atoms with Crippen molar-refractivity contribution < 1.29 is 23.1 Å². The molecule has 0 unspecified atom stereocenters. The van der Waals surface area contributed by atoms with Crippen LogP contribution in [-0.4, -0.2) is 36.5 Å². The number of amides is 1. The van der Waals surface area contributed by atoms with Crippen LogP contribution in [0.25, 0.3) is 0 Å². The van der Waals surface area contributed by atoms with Gasteiger partial charge in [0.15, 0.2) is 0 Å². The van der Waals surface area contributed by atoms with Crippen molar-refractivity contribution in [2.75, 3.05) is 6.54 Å². The van der Waals surface area contributed by atoms with E-state index in [9.17, 15) is 18.0 Å². The largest absolute Gasteiger partial charge is 0.481 e. The maximum Gasteiger partial charge on any atom is 0.303 e. The number of aromatic nitrogens is 1. The molecule has 0 aromatic carbocycles. The van der Waals surface area contributed by atoms with Crippen molar-refractivity contribution in [2.45, 2.75) is 17.7 Å². The second-order valence-electron chi connectivity index (χ2n) is 3.93. The molecule has 1 amide bonds. The number of carbonyl (C=O) groups is 2. The number of aliphatic carboxylic acids is 1. The van der Waals surface area contributed by atoms with Gasteiger partial charge >= 0.3 is 5.97 Å². The summed E-state index contributed by atoms with van der Waals surface area (Å²) in [6.45, 7) is 0.00936. The van der Waals surface area contributed by atoms with E-state index >= 15 is 0 Å². The number of hydrogen-bond donors (Lipinski definition) is 3. The van der Waals surface area contributed by atoms with Crippen LogP contribution in [0.15, 0.2) is 17.2 Å². The van der Waals surface area contributed by atoms with Gasteiger partial charge in [-0.05, 0) is 12.5 Å². The van der Waals surface area contributed by atoms with Gasteiger partial charge in [-0.15, -0.1) is 0 Å². The molecule has 0 bridgehead atoms. The number of carboxylic acids is 1. The zero-order valence-electron chi connectivity index (χ0n) is 10.3. The van der Waals surface area contributed by atoms with Crippen LogP contribution in [0.5, 0.6) is 0 Å². The van der Waals surface area contributed by atoms with Gasteiger partial charge in [-0.2, -0.15) is 0 Å². The Hall–Kier alpha value is -1.87. The molecule has 0 atom stereocenters. The summed E-state index contributed by atoms with van der Waals surface area (Å²) < 4.78 is 27.2. The van der Waals surface area contributed by atoms with Crippen molar-refractivity contribution in [2.24, 2.45) is 12.8 Å². The van der Waals surface area contributed by atoms with Crippen molar-refractivity contribution in [3.8, 4) is 0 Å². The van der Waals surface area contributed by atoms with E-state index in [1.807, 2.05) is 0 Å². The van der Waals surface area contributed by atoms with Crippen molar-refractivity contribution in [3.63, 3.8) is 0 Å². The van der Waals surface area contributed by atoms with Gasteiger partial charge in [-0.25, -0.2) is 13.1 Å². The second-order valence-corrected chi connectivity index (χ2v) is 5.70. The highest BCUT2D eigenvalue weighted by Crippen LogP contribution is 2.12. The molecule has 0 aliphatic rings. The molecule has 1 rings (SSSR count). The van der Waals surface area contributed by atoms with E-state index in [0.29, 0.717) is 0 Å². The summed E-state index contributed by atoms with van der Waals surface area (Å²) in [5.74, 6) is -1.72. The van der Waals surface area contributed by atoms with Crippen LogP contribution in [0, 0.1) is 0 Å². The molecule has 0 saturated carbocycles. The Labute approximate surface area is 110 Å². The highest BCUT2D eigenvalue weighted by Gasteiger charge is 2.18. The first-order chi connectivity index (χ1) is 8.74. The summed E-state index contributed by atoms with van der Waals surface area (Å²) in [5.41, 5.74) is 5.16. The minimum absolute atomic E-state index is 0.00936. The first kappa shape index (κ1) is 15.2. The topological polar surface area (TPSA) is 131 Å². The Kier molecular flexibility index (Phi) is 4.67. The summed E-state index contributed by atoms with van der Waals surface area (Å²) in [6.07, 6.45) is 1.33. The normalized spacial score (nSPS) is 11.4. The molecule has 1 aromatic heterocycles. The molecule has 19 heavy (non-hydrogen) atoms. The van der Waals surface area contributed by atoms with E-state index in [4.69, 9.17) is 10.8 Å². The summed E-state index contributed by atoms with van der Waals surface area (Å²) >= 11 is 0. The van der Waals surface area contributed by atoms with E-state index < -0.39 is 21.9 Å². The van der Waals surface area contributed by atoms with Gasteiger partial charge < -0.3 is 15.4 Å². The molecule has 0 spiro atoms. The molecular weight excluding hydrogens is 274 g/mol.